The molecule has 4 nitrogen and oxygen atoms in total. The molecule has 0 spiro atoms. The van der Waals surface area contributed by atoms with Crippen molar-refractivity contribution in [1.29, 1.82) is 0 Å². The topological polar surface area (TPSA) is 55.0 Å². The number of benzene rings is 1. The second-order valence-corrected chi connectivity index (χ2v) is 5.44. The average Bonchev–Trinajstić information content (AvgIpc) is 2.48. The summed E-state index contributed by atoms with van der Waals surface area (Å²) in [6.45, 7) is 3.99. The predicted molar refractivity (Wildman–Crippen MR) is 81.6 cm³/mol. The summed E-state index contributed by atoms with van der Waals surface area (Å²) in [7, 11) is 0. The lowest BCUT2D eigenvalue weighted by atomic mass is 10.1. The number of piperidine rings is 1. The van der Waals surface area contributed by atoms with Gasteiger partial charge in [0.2, 0.25) is 0 Å². The van der Waals surface area contributed by atoms with Crippen molar-refractivity contribution in [3.63, 3.8) is 0 Å². The fraction of sp³-hybridized carbons (Fsp3) is 0.375. The first kappa shape index (κ1) is 13.1. The highest BCUT2D eigenvalue weighted by molar-refractivity contribution is 5.63. The summed E-state index contributed by atoms with van der Waals surface area (Å²) in [5.41, 5.74) is 9.30. The molecule has 4 heteroatoms. The van der Waals surface area contributed by atoms with Crippen molar-refractivity contribution in [2.75, 3.05) is 18.0 Å². The third-order valence-electron chi connectivity index (χ3n) is 3.85. The monoisotopic (exact) mass is 268 g/mol. The van der Waals surface area contributed by atoms with Crippen molar-refractivity contribution in [2.24, 2.45) is 5.73 Å². The lowest BCUT2D eigenvalue weighted by molar-refractivity contribution is 0.502. The minimum Gasteiger partial charge on any atom is -0.354 e. The zero-order chi connectivity index (χ0) is 13.9. The molecule has 2 heterocycles. The van der Waals surface area contributed by atoms with Crippen LogP contribution in [0.4, 0.5) is 5.82 Å². The molecule has 2 N–H and O–H groups in total. The second kappa shape index (κ2) is 5.59. The number of nitrogens with two attached hydrogens (primary N) is 1. The molecule has 1 aliphatic heterocycles. The fourth-order valence-electron chi connectivity index (χ4n) is 2.72. The van der Waals surface area contributed by atoms with E-state index in [1.165, 1.54) is 5.56 Å². The zero-order valence-corrected chi connectivity index (χ0v) is 11.8. The van der Waals surface area contributed by atoms with Gasteiger partial charge < -0.3 is 10.6 Å². The van der Waals surface area contributed by atoms with Crippen LogP contribution < -0.4 is 10.6 Å². The molecule has 0 bridgehead atoms. The molecule has 1 aliphatic rings. The number of rotatable bonds is 2. The largest absolute Gasteiger partial charge is 0.354 e. The summed E-state index contributed by atoms with van der Waals surface area (Å²) < 4.78 is 0. The van der Waals surface area contributed by atoms with Crippen molar-refractivity contribution in [3.8, 4) is 11.3 Å². The Hall–Kier alpha value is -1.94. The van der Waals surface area contributed by atoms with E-state index in [2.05, 4.69) is 34.2 Å². The minimum absolute atomic E-state index is 0.251. The highest BCUT2D eigenvalue weighted by Crippen LogP contribution is 2.22. The van der Waals surface area contributed by atoms with Gasteiger partial charge in [-0.25, -0.2) is 0 Å². The SMILES string of the molecule is Cc1ccccc1-c1ccc(N2CCCC(N)C2)nn1. The van der Waals surface area contributed by atoms with E-state index >= 15 is 0 Å². The summed E-state index contributed by atoms with van der Waals surface area (Å²) in [6.07, 6.45) is 2.23. The van der Waals surface area contributed by atoms with Crippen LogP contribution in [0, 0.1) is 6.92 Å². The van der Waals surface area contributed by atoms with E-state index in [0.717, 1.165) is 43.0 Å². The van der Waals surface area contributed by atoms with E-state index in [0.29, 0.717) is 0 Å². The fourth-order valence-corrected chi connectivity index (χ4v) is 2.72. The van der Waals surface area contributed by atoms with Gasteiger partial charge in [-0.15, -0.1) is 10.2 Å². The first-order chi connectivity index (χ1) is 9.74. The molecular weight excluding hydrogens is 248 g/mol. The molecule has 104 valence electrons. The van der Waals surface area contributed by atoms with E-state index in [4.69, 9.17) is 5.73 Å². The number of nitrogens with zero attached hydrogens (tertiary/aromatic N) is 3. The van der Waals surface area contributed by atoms with Gasteiger partial charge in [0.25, 0.3) is 0 Å². The van der Waals surface area contributed by atoms with Gasteiger partial charge in [0.05, 0.1) is 5.69 Å². The van der Waals surface area contributed by atoms with Crippen LogP contribution in [0.3, 0.4) is 0 Å². The Balaban J connectivity index is 1.83. The third kappa shape index (κ3) is 2.65. The van der Waals surface area contributed by atoms with Crippen molar-refractivity contribution in [2.45, 2.75) is 25.8 Å². The normalized spacial score (nSPS) is 19.1. The van der Waals surface area contributed by atoms with Gasteiger partial charge in [0.1, 0.15) is 0 Å². The van der Waals surface area contributed by atoms with Crippen LogP contribution in [0.25, 0.3) is 11.3 Å². The van der Waals surface area contributed by atoms with Gasteiger partial charge in [0, 0.05) is 24.7 Å². The molecule has 1 unspecified atom stereocenters. The number of aromatic nitrogens is 2. The molecule has 2 aromatic rings. The smallest absolute Gasteiger partial charge is 0.151 e. The maximum Gasteiger partial charge on any atom is 0.151 e. The summed E-state index contributed by atoms with van der Waals surface area (Å²) in [6, 6.07) is 12.6. The summed E-state index contributed by atoms with van der Waals surface area (Å²) in [4.78, 5) is 2.22. The highest BCUT2D eigenvalue weighted by Gasteiger charge is 2.18. The molecule has 0 radical (unpaired) electrons. The second-order valence-electron chi connectivity index (χ2n) is 5.44. The molecule has 1 aromatic carbocycles. The molecule has 0 amide bonds. The average molecular weight is 268 g/mol. The minimum atomic E-state index is 0.251. The van der Waals surface area contributed by atoms with Crippen LogP contribution in [-0.2, 0) is 0 Å². The summed E-state index contributed by atoms with van der Waals surface area (Å²) >= 11 is 0. The van der Waals surface area contributed by atoms with E-state index in [-0.39, 0.29) is 6.04 Å². The lowest BCUT2D eigenvalue weighted by Crippen LogP contribution is -2.43. The first-order valence-electron chi connectivity index (χ1n) is 7.14. The molecule has 20 heavy (non-hydrogen) atoms. The third-order valence-corrected chi connectivity index (χ3v) is 3.85. The number of hydrogen-bond donors (Lipinski definition) is 1. The molecule has 1 atom stereocenters. The van der Waals surface area contributed by atoms with Gasteiger partial charge in [-0.05, 0) is 37.5 Å². The van der Waals surface area contributed by atoms with Crippen molar-refractivity contribution >= 4 is 5.82 Å². The van der Waals surface area contributed by atoms with Crippen molar-refractivity contribution in [1.82, 2.24) is 10.2 Å². The van der Waals surface area contributed by atoms with Gasteiger partial charge in [-0.3, -0.25) is 0 Å². The standard InChI is InChI=1S/C16H20N4/c1-12-5-2-3-7-14(12)15-8-9-16(19-18-15)20-10-4-6-13(17)11-20/h2-3,5,7-9,13H,4,6,10-11,17H2,1H3. The molecule has 3 rings (SSSR count). The van der Waals surface area contributed by atoms with E-state index in [1.807, 2.05) is 24.3 Å². The Morgan fingerprint density at radius 1 is 1.15 bits per heavy atom. The van der Waals surface area contributed by atoms with Crippen LogP contribution in [0.5, 0.6) is 0 Å². The van der Waals surface area contributed by atoms with Crippen LogP contribution >= 0.6 is 0 Å². The first-order valence-corrected chi connectivity index (χ1v) is 7.14. The molecule has 0 saturated carbocycles. The highest BCUT2D eigenvalue weighted by atomic mass is 15.3. The van der Waals surface area contributed by atoms with E-state index in [1.54, 1.807) is 0 Å². The van der Waals surface area contributed by atoms with Gasteiger partial charge in [0.15, 0.2) is 5.82 Å². The quantitative estimate of drug-likeness (QED) is 0.908. The van der Waals surface area contributed by atoms with Gasteiger partial charge in [-0.1, -0.05) is 24.3 Å². The van der Waals surface area contributed by atoms with Crippen LogP contribution in [-0.4, -0.2) is 29.3 Å². The Morgan fingerprint density at radius 3 is 2.70 bits per heavy atom. The summed E-state index contributed by atoms with van der Waals surface area (Å²) in [5.74, 6) is 0.928. The lowest BCUT2D eigenvalue weighted by Gasteiger charge is -2.31. The van der Waals surface area contributed by atoms with Crippen LogP contribution in [0.1, 0.15) is 18.4 Å². The van der Waals surface area contributed by atoms with Gasteiger partial charge >= 0.3 is 0 Å². The molecular formula is C16H20N4. The van der Waals surface area contributed by atoms with Crippen molar-refractivity contribution in [3.05, 3.63) is 42.0 Å². The number of anilines is 1. The van der Waals surface area contributed by atoms with Crippen LogP contribution in [0.2, 0.25) is 0 Å². The molecule has 1 aromatic heterocycles. The molecule has 0 aliphatic carbocycles. The van der Waals surface area contributed by atoms with Crippen LogP contribution in [0.15, 0.2) is 36.4 Å². The Kier molecular flexibility index (Phi) is 3.65. The maximum absolute atomic E-state index is 6.01. The number of hydrogen-bond acceptors (Lipinski definition) is 4. The summed E-state index contributed by atoms with van der Waals surface area (Å²) in [5, 5.41) is 8.75. The van der Waals surface area contributed by atoms with E-state index < -0.39 is 0 Å². The number of aryl methyl sites for hydroxylation is 1. The zero-order valence-electron chi connectivity index (χ0n) is 11.8. The predicted octanol–water partition coefficient (Wildman–Crippen LogP) is 2.38. The Morgan fingerprint density at radius 2 is 2.00 bits per heavy atom. The molecule has 1 saturated heterocycles. The molecule has 1 fully saturated rings. The maximum atomic E-state index is 6.01. The van der Waals surface area contributed by atoms with E-state index in [9.17, 15) is 0 Å². The van der Waals surface area contributed by atoms with Crippen molar-refractivity contribution < 1.29 is 0 Å². The Bertz CT molecular complexity index is 579. The van der Waals surface area contributed by atoms with Gasteiger partial charge in [-0.2, -0.15) is 0 Å². The Labute approximate surface area is 119 Å².